The summed E-state index contributed by atoms with van der Waals surface area (Å²) in [6.45, 7) is 5.33. The van der Waals surface area contributed by atoms with Crippen molar-refractivity contribution in [1.82, 2.24) is 0 Å². The topological polar surface area (TPSA) is 43.4 Å². The first-order valence-electron chi connectivity index (χ1n) is 3.89. The molecule has 0 fully saturated rings. The molecular formula is C9H14O3. The molecule has 12 heavy (non-hydrogen) atoms. The van der Waals surface area contributed by atoms with Gasteiger partial charge in [0.15, 0.2) is 0 Å². The third-order valence-corrected chi connectivity index (χ3v) is 1.18. The van der Waals surface area contributed by atoms with Gasteiger partial charge in [0.25, 0.3) is 0 Å². The van der Waals surface area contributed by atoms with Crippen LogP contribution in [0.25, 0.3) is 0 Å². The summed E-state index contributed by atoms with van der Waals surface area (Å²) in [4.78, 5) is 21.4. The molecule has 0 saturated carbocycles. The molecule has 0 unspecified atom stereocenters. The van der Waals surface area contributed by atoms with E-state index in [1.165, 1.54) is 13.0 Å². The molecule has 0 radical (unpaired) electrons. The highest BCUT2D eigenvalue weighted by Gasteiger charge is 1.99. The van der Waals surface area contributed by atoms with E-state index in [1.54, 1.807) is 13.8 Å². The predicted molar refractivity (Wildman–Crippen MR) is 45.7 cm³/mol. The fourth-order valence-electron chi connectivity index (χ4n) is 0.829. The van der Waals surface area contributed by atoms with Crippen LogP contribution in [0.5, 0.6) is 0 Å². The molecule has 0 amide bonds. The maximum atomic E-state index is 10.8. The van der Waals surface area contributed by atoms with Crippen molar-refractivity contribution >= 4 is 11.8 Å². The van der Waals surface area contributed by atoms with E-state index in [0.29, 0.717) is 13.0 Å². The Bertz CT molecular complexity index is 204. The van der Waals surface area contributed by atoms with Gasteiger partial charge in [0.05, 0.1) is 6.61 Å². The van der Waals surface area contributed by atoms with Gasteiger partial charge in [-0.15, -0.1) is 0 Å². The highest BCUT2D eigenvalue weighted by atomic mass is 16.5. The first-order chi connectivity index (χ1) is 5.56. The largest absolute Gasteiger partial charge is 0.463 e. The Balaban J connectivity index is 3.97. The summed E-state index contributed by atoms with van der Waals surface area (Å²) in [5.74, 6) is -0.329. The summed E-state index contributed by atoms with van der Waals surface area (Å²) in [5.41, 5.74) is 0.737. The molecular weight excluding hydrogens is 156 g/mol. The molecule has 0 N–H and O–H groups in total. The Morgan fingerprint density at radius 1 is 1.33 bits per heavy atom. The van der Waals surface area contributed by atoms with Gasteiger partial charge in [0, 0.05) is 12.5 Å². The van der Waals surface area contributed by atoms with Crippen molar-refractivity contribution in [1.29, 1.82) is 0 Å². The van der Waals surface area contributed by atoms with Crippen LogP contribution in [-0.4, -0.2) is 18.4 Å². The van der Waals surface area contributed by atoms with Crippen molar-refractivity contribution in [2.45, 2.75) is 27.2 Å². The lowest BCUT2D eigenvalue weighted by atomic mass is 10.1. The van der Waals surface area contributed by atoms with Crippen LogP contribution in [-0.2, 0) is 14.3 Å². The van der Waals surface area contributed by atoms with E-state index < -0.39 is 0 Å². The maximum Gasteiger partial charge on any atom is 0.330 e. The van der Waals surface area contributed by atoms with Gasteiger partial charge >= 0.3 is 5.97 Å². The maximum absolute atomic E-state index is 10.8. The minimum absolute atomic E-state index is 0.0491. The van der Waals surface area contributed by atoms with E-state index in [4.69, 9.17) is 0 Å². The fraction of sp³-hybridized carbons (Fsp3) is 0.556. The average molecular weight is 170 g/mol. The molecule has 0 aliphatic rings. The summed E-state index contributed by atoms with van der Waals surface area (Å²) in [7, 11) is 0. The number of allylic oxidation sites excluding steroid dienone is 1. The SMILES string of the molecule is CCOC(=O)/C=C(\C)CC(C)=O. The number of carbonyl (C=O) groups excluding carboxylic acids is 2. The lowest BCUT2D eigenvalue weighted by Gasteiger charge is -1.98. The van der Waals surface area contributed by atoms with E-state index in [1.807, 2.05) is 0 Å². The second-order valence-electron chi connectivity index (χ2n) is 2.62. The van der Waals surface area contributed by atoms with Gasteiger partial charge in [0.2, 0.25) is 0 Å². The standard InChI is InChI=1S/C9H14O3/c1-4-12-9(11)6-7(2)5-8(3)10/h6H,4-5H2,1-3H3/b7-6+. The van der Waals surface area contributed by atoms with Crippen LogP contribution < -0.4 is 0 Å². The molecule has 0 bridgehead atoms. The van der Waals surface area contributed by atoms with E-state index >= 15 is 0 Å². The molecule has 0 saturated heterocycles. The summed E-state index contributed by atoms with van der Waals surface area (Å²) >= 11 is 0. The normalized spacial score (nSPS) is 11.1. The molecule has 3 nitrogen and oxygen atoms in total. The number of esters is 1. The minimum atomic E-state index is -0.378. The van der Waals surface area contributed by atoms with Crippen LogP contribution >= 0.6 is 0 Å². The molecule has 0 aromatic rings. The lowest BCUT2D eigenvalue weighted by molar-refractivity contribution is -0.137. The Hall–Kier alpha value is -1.12. The predicted octanol–water partition coefficient (Wildman–Crippen LogP) is 1.47. The number of ketones is 1. The zero-order chi connectivity index (χ0) is 9.56. The van der Waals surface area contributed by atoms with E-state index in [2.05, 4.69) is 4.74 Å². The zero-order valence-corrected chi connectivity index (χ0v) is 7.72. The van der Waals surface area contributed by atoms with Gasteiger partial charge in [0.1, 0.15) is 5.78 Å². The molecule has 0 aliphatic heterocycles. The van der Waals surface area contributed by atoms with Crippen LogP contribution in [0.3, 0.4) is 0 Å². The lowest BCUT2D eigenvalue weighted by Crippen LogP contribution is -2.01. The Morgan fingerprint density at radius 3 is 2.33 bits per heavy atom. The average Bonchev–Trinajstić information content (AvgIpc) is 1.84. The highest BCUT2D eigenvalue weighted by molar-refractivity contribution is 5.85. The summed E-state index contributed by atoms with van der Waals surface area (Å²) < 4.78 is 4.67. The smallest absolute Gasteiger partial charge is 0.330 e. The first kappa shape index (κ1) is 10.9. The van der Waals surface area contributed by atoms with Crippen molar-refractivity contribution in [2.75, 3.05) is 6.61 Å². The van der Waals surface area contributed by atoms with Crippen molar-refractivity contribution < 1.29 is 14.3 Å². The first-order valence-corrected chi connectivity index (χ1v) is 3.89. The molecule has 0 aromatic carbocycles. The second kappa shape index (κ2) is 5.52. The fourth-order valence-corrected chi connectivity index (χ4v) is 0.829. The van der Waals surface area contributed by atoms with Gasteiger partial charge in [-0.3, -0.25) is 4.79 Å². The number of rotatable bonds is 4. The molecule has 0 rings (SSSR count). The molecule has 0 atom stereocenters. The zero-order valence-electron chi connectivity index (χ0n) is 7.72. The van der Waals surface area contributed by atoms with E-state index in [0.717, 1.165) is 5.57 Å². The Kier molecular flexibility index (Phi) is 5.00. The van der Waals surface area contributed by atoms with Crippen molar-refractivity contribution in [2.24, 2.45) is 0 Å². The van der Waals surface area contributed by atoms with Gasteiger partial charge < -0.3 is 4.74 Å². The van der Waals surface area contributed by atoms with Crippen molar-refractivity contribution in [3.05, 3.63) is 11.6 Å². The third-order valence-electron chi connectivity index (χ3n) is 1.18. The number of hydrogen-bond acceptors (Lipinski definition) is 3. The molecule has 3 heteroatoms. The number of Topliss-reactive ketones (excluding diaryl/α,β-unsaturated/α-hetero) is 1. The number of ether oxygens (including phenoxy) is 1. The number of carbonyl (C=O) groups is 2. The molecule has 0 aliphatic carbocycles. The number of hydrogen-bond donors (Lipinski definition) is 0. The monoisotopic (exact) mass is 170 g/mol. The van der Waals surface area contributed by atoms with E-state index in [9.17, 15) is 9.59 Å². The molecule has 0 spiro atoms. The Labute approximate surface area is 72.4 Å². The molecule has 68 valence electrons. The van der Waals surface area contributed by atoms with Gasteiger partial charge in [-0.25, -0.2) is 4.79 Å². The molecule has 0 aromatic heterocycles. The van der Waals surface area contributed by atoms with Crippen LogP contribution in [0, 0.1) is 0 Å². The van der Waals surface area contributed by atoms with E-state index in [-0.39, 0.29) is 11.8 Å². The van der Waals surface area contributed by atoms with Crippen LogP contribution in [0.15, 0.2) is 11.6 Å². The van der Waals surface area contributed by atoms with Gasteiger partial charge in [-0.1, -0.05) is 5.57 Å². The highest BCUT2D eigenvalue weighted by Crippen LogP contribution is 2.00. The van der Waals surface area contributed by atoms with Crippen LogP contribution in [0.4, 0.5) is 0 Å². The van der Waals surface area contributed by atoms with Gasteiger partial charge in [-0.05, 0) is 20.8 Å². The van der Waals surface area contributed by atoms with Crippen molar-refractivity contribution in [3.8, 4) is 0 Å². The summed E-state index contributed by atoms with van der Waals surface area (Å²) in [5, 5.41) is 0. The Morgan fingerprint density at radius 2 is 1.92 bits per heavy atom. The van der Waals surface area contributed by atoms with Gasteiger partial charge in [-0.2, -0.15) is 0 Å². The van der Waals surface area contributed by atoms with Crippen molar-refractivity contribution in [3.63, 3.8) is 0 Å². The van der Waals surface area contributed by atoms with Crippen LogP contribution in [0.2, 0.25) is 0 Å². The van der Waals surface area contributed by atoms with Crippen LogP contribution in [0.1, 0.15) is 27.2 Å². The second-order valence-corrected chi connectivity index (χ2v) is 2.62. The minimum Gasteiger partial charge on any atom is -0.463 e. The third kappa shape index (κ3) is 5.65. The quantitative estimate of drug-likeness (QED) is 0.474. The summed E-state index contributed by atoms with van der Waals surface area (Å²) in [6, 6.07) is 0. The summed E-state index contributed by atoms with van der Waals surface area (Å²) in [6.07, 6.45) is 1.67. The molecule has 0 heterocycles.